The maximum Gasteiger partial charge on any atom is 0.223 e. The molecule has 1 unspecified atom stereocenters. The van der Waals surface area contributed by atoms with Crippen LogP contribution in [0.3, 0.4) is 0 Å². The Morgan fingerprint density at radius 2 is 2.22 bits per heavy atom. The van der Waals surface area contributed by atoms with Gasteiger partial charge in [-0.05, 0) is 31.7 Å². The lowest BCUT2D eigenvalue weighted by atomic mass is 10.1. The van der Waals surface area contributed by atoms with Crippen LogP contribution < -0.4 is 15.8 Å². The van der Waals surface area contributed by atoms with Crippen LogP contribution in [0.25, 0.3) is 0 Å². The van der Waals surface area contributed by atoms with Crippen molar-refractivity contribution in [3.63, 3.8) is 0 Å². The predicted molar refractivity (Wildman–Crippen MR) is 75.5 cm³/mol. The summed E-state index contributed by atoms with van der Waals surface area (Å²) in [6.45, 7) is 4.75. The van der Waals surface area contributed by atoms with Gasteiger partial charge in [0.15, 0.2) is 0 Å². The van der Waals surface area contributed by atoms with Gasteiger partial charge in [0.25, 0.3) is 0 Å². The van der Waals surface area contributed by atoms with E-state index in [1.54, 1.807) is 6.92 Å². The van der Waals surface area contributed by atoms with Crippen LogP contribution in [0, 0.1) is 12.8 Å². The molecule has 0 bridgehead atoms. The summed E-state index contributed by atoms with van der Waals surface area (Å²) in [6, 6.07) is 4.00. The second kappa shape index (κ2) is 6.75. The average Bonchev–Trinajstić information content (AvgIpc) is 2.27. The first kappa shape index (κ1) is 15.0. The van der Waals surface area contributed by atoms with Crippen LogP contribution in [0.1, 0.15) is 18.1 Å². The number of carbonyl (C=O) groups excluding carboxylic acids is 1. The SMILES string of the molecule is CNCc1cc(Br)cc(C)c1OCC(C)C(N)=O. The summed E-state index contributed by atoms with van der Waals surface area (Å²) < 4.78 is 6.75. The predicted octanol–water partition coefficient (Wildman–Crippen LogP) is 1.98. The van der Waals surface area contributed by atoms with Gasteiger partial charge in [-0.2, -0.15) is 0 Å². The Bertz CT molecular complexity index is 435. The van der Waals surface area contributed by atoms with Crippen LogP contribution in [0.2, 0.25) is 0 Å². The highest BCUT2D eigenvalue weighted by Gasteiger charge is 2.13. The Morgan fingerprint density at radius 3 is 2.78 bits per heavy atom. The van der Waals surface area contributed by atoms with Gasteiger partial charge in [0, 0.05) is 16.6 Å². The number of benzene rings is 1. The summed E-state index contributed by atoms with van der Waals surface area (Å²) in [5, 5.41) is 3.10. The highest BCUT2D eigenvalue weighted by atomic mass is 79.9. The second-order valence-electron chi connectivity index (χ2n) is 4.36. The summed E-state index contributed by atoms with van der Waals surface area (Å²) in [5.41, 5.74) is 7.31. The van der Waals surface area contributed by atoms with Crippen molar-refractivity contribution >= 4 is 21.8 Å². The third kappa shape index (κ3) is 3.99. The number of rotatable bonds is 6. The maximum absolute atomic E-state index is 11.0. The van der Waals surface area contributed by atoms with E-state index in [9.17, 15) is 4.79 Å². The summed E-state index contributed by atoms with van der Waals surface area (Å²) >= 11 is 3.46. The number of nitrogens with one attached hydrogen (secondary N) is 1. The number of nitrogens with two attached hydrogens (primary N) is 1. The monoisotopic (exact) mass is 314 g/mol. The van der Waals surface area contributed by atoms with E-state index in [1.165, 1.54) is 0 Å². The van der Waals surface area contributed by atoms with Crippen molar-refractivity contribution in [3.8, 4) is 5.75 Å². The number of hydrogen-bond donors (Lipinski definition) is 2. The molecule has 0 radical (unpaired) electrons. The normalized spacial score (nSPS) is 12.2. The standard InChI is InChI=1S/C13H19BrN2O2/c1-8-4-11(14)5-10(6-16-3)12(8)18-7-9(2)13(15)17/h4-5,9,16H,6-7H2,1-3H3,(H2,15,17). The molecule has 1 rings (SSSR count). The van der Waals surface area contributed by atoms with Crippen LogP contribution in [0.4, 0.5) is 0 Å². The third-order valence-corrected chi connectivity index (χ3v) is 3.10. The second-order valence-corrected chi connectivity index (χ2v) is 5.27. The molecule has 1 amide bonds. The topological polar surface area (TPSA) is 64.3 Å². The molecule has 0 saturated carbocycles. The minimum Gasteiger partial charge on any atom is -0.492 e. The van der Waals surface area contributed by atoms with E-state index in [-0.39, 0.29) is 11.8 Å². The molecule has 1 aromatic carbocycles. The molecular formula is C13H19BrN2O2. The summed E-state index contributed by atoms with van der Waals surface area (Å²) in [5.74, 6) is 0.177. The minimum atomic E-state index is -0.347. The largest absolute Gasteiger partial charge is 0.492 e. The summed E-state index contributed by atoms with van der Waals surface area (Å²) in [6.07, 6.45) is 0. The Hall–Kier alpha value is -1.07. The van der Waals surface area contributed by atoms with Gasteiger partial charge in [0.05, 0.1) is 12.5 Å². The molecule has 0 aliphatic heterocycles. The number of carbonyl (C=O) groups is 1. The van der Waals surface area contributed by atoms with Gasteiger partial charge in [0.2, 0.25) is 5.91 Å². The lowest BCUT2D eigenvalue weighted by molar-refractivity contribution is -0.122. The number of hydrogen-bond acceptors (Lipinski definition) is 3. The zero-order valence-electron chi connectivity index (χ0n) is 10.9. The fourth-order valence-corrected chi connectivity index (χ4v) is 2.24. The molecule has 0 aliphatic rings. The van der Waals surface area contributed by atoms with E-state index < -0.39 is 0 Å². The van der Waals surface area contributed by atoms with Gasteiger partial charge in [-0.25, -0.2) is 0 Å². The Morgan fingerprint density at radius 1 is 1.56 bits per heavy atom. The van der Waals surface area contributed by atoms with Gasteiger partial charge in [-0.3, -0.25) is 4.79 Å². The smallest absolute Gasteiger partial charge is 0.223 e. The summed E-state index contributed by atoms with van der Waals surface area (Å²) in [4.78, 5) is 11.0. The lowest BCUT2D eigenvalue weighted by Crippen LogP contribution is -2.26. The molecule has 4 nitrogen and oxygen atoms in total. The van der Waals surface area contributed by atoms with E-state index in [0.717, 1.165) is 21.3 Å². The molecule has 0 spiro atoms. The highest BCUT2D eigenvalue weighted by molar-refractivity contribution is 9.10. The van der Waals surface area contributed by atoms with Gasteiger partial charge in [-0.1, -0.05) is 22.9 Å². The van der Waals surface area contributed by atoms with E-state index in [0.29, 0.717) is 13.2 Å². The molecule has 5 heteroatoms. The zero-order valence-corrected chi connectivity index (χ0v) is 12.5. The Kier molecular flexibility index (Phi) is 5.62. The fourth-order valence-electron chi connectivity index (χ4n) is 1.62. The van der Waals surface area contributed by atoms with Gasteiger partial charge < -0.3 is 15.8 Å². The number of aryl methyl sites for hydroxylation is 1. The molecule has 0 heterocycles. The Balaban J connectivity index is 2.89. The van der Waals surface area contributed by atoms with Crippen LogP contribution in [0.15, 0.2) is 16.6 Å². The van der Waals surface area contributed by atoms with Crippen molar-refractivity contribution in [2.45, 2.75) is 20.4 Å². The molecule has 1 aromatic rings. The maximum atomic E-state index is 11.0. The van der Waals surface area contributed by atoms with Crippen LogP contribution in [-0.2, 0) is 11.3 Å². The molecule has 1 atom stereocenters. The van der Waals surface area contributed by atoms with Crippen molar-refractivity contribution in [3.05, 3.63) is 27.7 Å². The van der Waals surface area contributed by atoms with Crippen molar-refractivity contribution in [2.75, 3.05) is 13.7 Å². The Labute approximate surface area is 116 Å². The van der Waals surface area contributed by atoms with Gasteiger partial charge in [0.1, 0.15) is 5.75 Å². The molecule has 0 aromatic heterocycles. The van der Waals surface area contributed by atoms with Crippen molar-refractivity contribution in [1.29, 1.82) is 0 Å². The van der Waals surface area contributed by atoms with E-state index in [4.69, 9.17) is 10.5 Å². The van der Waals surface area contributed by atoms with E-state index >= 15 is 0 Å². The lowest BCUT2D eigenvalue weighted by Gasteiger charge is -2.16. The first-order valence-corrected chi connectivity index (χ1v) is 6.60. The van der Waals surface area contributed by atoms with Crippen molar-refractivity contribution in [2.24, 2.45) is 11.7 Å². The van der Waals surface area contributed by atoms with E-state index in [2.05, 4.69) is 21.2 Å². The number of ether oxygens (including phenoxy) is 1. The molecule has 0 fully saturated rings. The third-order valence-electron chi connectivity index (χ3n) is 2.65. The van der Waals surface area contributed by atoms with Crippen molar-refractivity contribution < 1.29 is 9.53 Å². The molecule has 100 valence electrons. The molecule has 0 saturated heterocycles. The molecule has 0 aliphatic carbocycles. The summed E-state index contributed by atoms with van der Waals surface area (Å²) in [7, 11) is 1.88. The van der Waals surface area contributed by atoms with Crippen molar-refractivity contribution in [1.82, 2.24) is 5.32 Å². The van der Waals surface area contributed by atoms with Crippen LogP contribution >= 0.6 is 15.9 Å². The van der Waals surface area contributed by atoms with Gasteiger partial charge in [-0.15, -0.1) is 0 Å². The molecule has 18 heavy (non-hydrogen) atoms. The van der Waals surface area contributed by atoms with Crippen LogP contribution in [-0.4, -0.2) is 19.6 Å². The molecular weight excluding hydrogens is 296 g/mol. The average molecular weight is 315 g/mol. The van der Waals surface area contributed by atoms with Gasteiger partial charge >= 0.3 is 0 Å². The fraction of sp³-hybridized carbons (Fsp3) is 0.462. The first-order chi connectivity index (χ1) is 8.45. The number of amides is 1. The number of halogens is 1. The number of primary amides is 1. The molecule has 3 N–H and O–H groups in total. The zero-order chi connectivity index (χ0) is 13.7. The quantitative estimate of drug-likeness (QED) is 0.844. The first-order valence-electron chi connectivity index (χ1n) is 5.81. The van der Waals surface area contributed by atoms with Crippen LogP contribution in [0.5, 0.6) is 5.75 Å². The minimum absolute atomic E-state index is 0.296. The highest BCUT2D eigenvalue weighted by Crippen LogP contribution is 2.28. The van der Waals surface area contributed by atoms with E-state index in [1.807, 2.05) is 26.1 Å².